The molecule has 1 aliphatic heterocycles. The van der Waals surface area contributed by atoms with E-state index in [1.165, 1.54) is 12.8 Å². The van der Waals surface area contributed by atoms with E-state index in [0.717, 1.165) is 38.9 Å². The van der Waals surface area contributed by atoms with Crippen LogP contribution in [0.1, 0.15) is 38.5 Å². The number of hydrogen-bond donors (Lipinski definition) is 2. The Kier molecular flexibility index (Phi) is 6.92. The molecular formula is C11H24N2O2. The van der Waals surface area contributed by atoms with Crippen LogP contribution < -0.4 is 11.3 Å². The molecule has 1 rings (SSSR count). The number of hydrogen-bond acceptors (Lipinski definition) is 4. The van der Waals surface area contributed by atoms with Gasteiger partial charge in [-0.15, -0.1) is 0 Å². The highest BCUT2D eigenvalue weighted by Crippen LogP contribution is 2.18. The first-order chi connectivity index (χ1) is 7.36. The fourth-order valence-electron chi connectivity index (χ4n) is 2.04. The maximum absolute atomic E-state index is 5.58. The van der Waals surface area contributed by atoms with Crippen LogP contribution in [0.4, 0.5) is 0 Å². The molecule has 0 saturated carbocycles. The molecule has 2 atom stereocenters. The summed E-state index contributed by atoms with van der Waals surface area (Å²) in [7, 11) is 1.73. The Bertz CT molecular complexity index is 150. The van der Waals surface area contributed by atoms with E-state index in [9.17, 15) is 0 Å². The summed E-state index contributed by atoms with van der Waals surface area (Å²) in [5, 5.41) is 0. The van der Waals surface area contributed by atoms with Crippen LogP contribution in [0.5, 0.6) is 0 Å². The quantitative estimate of drug-likeness (QED) is 0.364. The Labute approximate surface area is 92.5 Å². The van der Waals surface area contributed by atoms with Crippen LogP contribution in [0.25, 0.3) is 0 Å². The Morgan fingerprint density at radius 3 is 3.00 bits per heavy atom. The van der Waals surface area contributed by atoms with E-state index in [4.69, 9.17) is 15.3 Å². The van der Waals surface area contributed by atoms with Crippen LogP contribution in [-0.2, 0) is 9.47 Å². The summed E-state index contributed by atoms with van der Waals surface area (Å²) in [6, 6.07) is 0.407. The van der Waals surface area contributed by atoms with Crippen LogP contribution in [0.2, 0.25) is 0 Å². The van der Waals surface area contributed by atoms with Gasteiger partial charge in [0.15, 0.2) is 0 Å². The first-order valence-electron chi connectivity index (χ1n) is 5.93. The maximum atomic E-state index is 5.58. The lowest BCUT2D eigenvalue weighted by Gasteiger charge is -2.17. The van der Waals surface area contributed by atoms with Crippen LogP contribution in [0.3, 0.4) is 0 Å². The van der Waals surface area contributed by atoms with Gasteiger partial charge >= 0.3 is 0 Å². The van der Waals surface area contributed by atoms with E-state index in [2.05, 4.69) is 5.43 Å². The van der Waals surface area contributed by atoms with E-state index in [1.54, 1.807) is 7.11 Å². The highest BCUT2D eigenvalue weighted by Gasteiger charge is 2.17. The van der Waals surface area contributed by atoms with Crippen molar-refractivity contribution in [2.45, 2.75) is 50.7 Å². The minimum atomic E-state index is 0.407. The number of nitrogens with one attached hydrogen (secondary N) is 1. The van der Waals surface area contributed by atoms with Crippen molar-refractivity contribution in [1.29, 1.82) is 0 Å². The molecule has 1 saturated heterocycles. The van der Waals surface area contributed by atoms with Gasteiger partial charge in [0.2, 0.25) is 0 Å². The van der Waals surface area contributed by atoms with Gasteiger partial charge in [0.05, 0.1) is 6.10 Å². The third-order valence-electron chi connectivity index (χ3n) is 3.00. The minimum absolute atomic E-state index is 0.407. The summed E-state index contributed by atoms with van der Waals surface area (Å²) in [6.45, 7) is 1.76. The summed E-state index contributed by atoms with van der Waals surface area (Å²) in [6.07, 6.45) is 7.29. The largest absolute Gasteiger partial charge is 0.385 e. The van der Waals surface area contributed by atoms with Crippen molar-refractivity contribution in [3.8, 4) is 0 Å². The van der Waals surface area contributed by atoms with Crippen molar-refractivity contribution in [3.05, 3.63) is 0 Å². The fraction of sp³-hybridized carbons (Fsp3) is 1.00. The summed E-state index contributed by atoms with van der Waals surface area (Å²) in [5.74, 6) is 5.51. The number of hydrazine groups is 1. The van der Waals surface area contributed by atoms with Gasteiger partial charge in [-0.1, -0.05) is 0 Å². The summed E-state index contributed by atoms with van der Waals surface area (Å²) >= 11 is 0. The zero-order valence-electron chi connectivity index (χ0n) is 9.71. The van der Waals surface area contributed by atoms with Crippen LogP contribution >= 0.6 is 0 Å². The zero-order valence-corrected chi connectivity index (χ0v) is 9.71. The third kappa shape index (κ3) is 5.47. The lowest BCUT2D eigenvalue weighted by molar-refractivity contribution is 0.0987. The molecule has 4 heteroatoms. The lowest BCUT2D eigenvalue weighted by atomic mass is 10.0. The molecule has 1 heterocycles. The molecule has 3 N–H and O–H groups in total. The smallest absolute Gasteiger partial charge is 0.0576 e. The first kappa shape index (κ1) is 12.9. The summed E-state index contributed by atoms with van der Waals surface area (Å²) < 4.78 is 10.6. The molecule has 0 spiro atoms. The fourth-order valence-corrected chi connectivity index (χ4v) is 2.04. The van der Waals surface area contributed by atoms with E-state index in [0.29, 0.717) is 12.1 Å². The van der Waals surface area contributed by atoms with Gasteiger partial charge in [0.25, 0.3) is 0 Å². The van der Waals surface area contributed by atoms with Crippen molar-refractivity contribution in [2.24, 2.45) is 5.84 Å². The van der Waals surface area contributed by atoms with Gasteiger partial charge in [-0.25, -0.2) is 0 Å². The molecule has 0 aromatic heterocycles. The van der Waals surface area contributed by atoms with Gasteiger partial charge in [-0.2, -0.15) is 0 Å². The van der Waals surface area contributed by atoms with Crippen LogP contribution in [-0.4, -0.2) is 32.5 Å². The molecule has 1 aliphatic rings. The zero-order chi connectivity index (χ0) is 10.9. The van der Waals surface area contributed by atoms with E-state index >= 15 is 0 Å². The standard InChI is InChI=1S/C11H24N2O2/c1-14-8-2-4-10(13-12)6-7-11-5-3-9-15-11/h10-11,13H,2-9,12H2,1H3. The Hall–Kier alpha value is -0.160. The number of ether oxygens (including phenoxy) is 2. The molecule has 0 amide bonds. The van der Waals surface area contributed by atoms with E-state index in [-0.39, 0.29) is 0 Å². The highest BCUT2D eigenvalue weighted by atomic mass is 16.5. The number of nitrogens with two attached hydrogens (primary N) is 1. The molecule has 0 aromatic carbocycles. The second-order valence-electron chi connectivity index (χ2n) is 4.21. The third-order valence-corrected chi connectivity index (χ3v) is 3.00. The second-order valence-corrected chi connectivity index (χ2v) is 4.21. The Balaban J connectivity index is 2.04. The van der Waals surface area contributed by atoms with Crippen molar-refractivity contribution >= 4 is 0 Å². The molecule has 90 valence electrons. The first-order valence-corrected chi connectivity index (χ1v) is 5.93. The minimum Gasteiger partial charge on any atom is -0.385 e. The Morgan fingerprint density at radius 2 is 2.40 bits per heavy atom. The number of rotatable bonds is 8. The van der Waals surface area contributed by atoms with E-state index < -0.39 is 0 Å². The summed E-state index contributed by atoms with van der Waals surface area (Å²) in [4.78, 5) is 0. The predicted molar refractivity (Wildman–Crippen MR) is 60.4 cm³/mol. The van der Waals surface area contributed by atoms with Crippen LogP contribution in [0, 0.1) is 0 Å². The summed E-state index contributed by atoms with van der Waals surface area (Å²) in [5.41, 5.74) is 2.87. The SMILES string of the molecule is COCCCC(CCC1CCCO1)NN. The molecule has 0 aromatic rings. The normalized spacial score (nSPS) is 23.2. The van der Waals surface area contributed by atoms with E-state index in [1.807, 2.05) is 0 Å². The molecule has 0 radical (unpaired) electrons. The second kappa shape index (κ2) is 8.05. The monoisotopic (exact) mass is 216 g/mol. The molecule has 0 bridgehead atoms. The van der Waals surface area contributed by atoms with Gasteiger partial charge in [-0.3, -0.25) is 11.3 Å². The van der Waals surface area contributed by atoms with Crippen molar-refractivity contribution in [1.82, 2.24) is 5.43 Å². The molecule has 2 unspecified atom stereocenters. The van der Waals surface area contributed by atoms with Gasteiger partial charge in [0, 0.05) is 26.4 Å². The molecule has 1 fully saturated rings. The molecular weight excluding hydrogens is 192 g/mol. The highest BCUT2D eigenvalue weighted by molar-refractivity contribution is 4.70. The predicted octanol–water partition coefficient (Wildman–Crippen LogP) is 1.20. The van der Waals surface area contributed by atoms with Gasteiger partial charge in [0.1, 0.15) is 0 Å². The average molecular weight is 216 g/mol. The van der Waals surface area contributed by atoms with Crippen molar-refractivity contribution in [2.75, 3.05) is 20.3 Å². The van der Waals surface area contributed by atoms with Crippen molar-refractivity contribution in [3.63, 3.8) is 0 Å². The maximum Gasteiger partial charge on any atom is 0.0576 e. The molecule has 0 aliphatic carbocycles. The Morgan fingerprint density at radius 1 is 1.53 bits per heavy atom. The molecule has 4 nitrogen and oxygen atoms in total. The topological polar surface area (TPSA) is 56.5 Å². The van der Waals surface area contributed by atoms with Crippen LogP contribution in [0.15, 0.2) is 0 Å². The van der Waals surface area contributed by atoms with Gasteiger partial charge < -0.3 is 9.47 Å². The molecule has 15 heavy (non-hydrogen) atoms. The number of methoxy groups -OCH3 is 1. The average Bonchev–Trinajstić information content (AvgIpc) is 2.76. The lowest BCUT2D eigenvalue weighted by Crippen LogP contribution is -2.35. The van der Waals surface area contributed by atoms with Gasteiger partial charge in [-0.05, 0) is 38.5 Å². The van der Waals surface area contributed by atoms with Crippen molar-refractivity contribution < 1.29 is 9.47 Å².